The zero-order valence-electron chi connectivity index (χ0n) is 19.5. The van der Waals surface area contributed by atoms with Crippen LogP contribution in [0.3, 0.4) is 0 Å². The van der Waals surface area contributed by atoms with Crippen LogP contribution in [0.1, 0.15) is 62.1 Å². The lowest BCUT2D eigenvalue weighted by Crippen LogP contribution is -2.49. The van der Waals surface area contributed by atoms with Crippen molar-refractivity contribution in [2.75, 3.05) is 35.7 Å². The molecule has 6 rings (SSSR count). The third kappa shape index (κ3) is 4.14. The second kappa shape index (κ2) is 9.07. The number of anilines is 2. The highest BCUT2D eigenvalue weighted by Gasteiger charge is 2.43. The van der Waals surface area contributed by atoms with E-state index in [-0.39, 0.29) is 12.1 Å². The molecule has 3 fully saturated rings. The first-order valence-electron chi connectivity index (χ1n) is 12.7. The molecule has 2 unspecified atom stereocenters. The number of nitrogens with zero attached hydrogens (tertiary/aromatic N) is 3. The van der Waals surface area contributed by atoms with Gasteiger partial charge in [0.25, 0.3) is 0 Å². The Morgan fingerprint density at radius 3 is 2.47 bits per heavy atom. The molecule has 2 saturated carbocycles. The maximum atomic E-state index is 13.1. The topological polar surface area (TPSA) is 78.4 Å². The van der Waals surface area contributed by atoms with Gasteiger partial charge in [-0.3, -0.25) is 4.21 Å². The van der Waals surface area contributed by atoms with Gasteiger partial charge in [-0.05, 0) is 86.8 Å². The molecule has 182 valence electrons. The summed E-state index contributed by atoms with van der Waals surface area (Å²) in [6, 6.07) is 8.36. The molecule has 3 heterocycles. The Balaban J connectivity index is 1.25. The molecule has 1 aromatic heterocycles. The molecular weight excluding hydrogens is 468 g/mol. The molecule has 4 aliphatic rings. The van der Waals surface area contributed by atoms with Crippen LogP contribution in [0.2, 0.25) is 5.02 Å². The average Bonchev–Trinajstić information content (AvgIpc) is 3.33. The van der Waals surface area contributed by atoms with Crippen LogP contribution in [0.4, 0.5) is 11.8 Å². The van der Waals surface area contributed by atoms with Gasteiger partial charge in [-0.2, -0.15) is 4.98 Å². The van der Waals surface area contributed by atoms with Gasteiger partial charge in [0, 0.05) is 23.9 Å². The molecule has 0 bridgehead atoms. The van der Waals surface area contributed by atoms with Crippen LogP contribution in [-0.4, -0.2) is 50.3 Å². The van der Waals surface area contributed by atoms with Crippen LogP contribution >= 0.6 is 11.6 Å². The maximum Gasteiger partial charge on any atom is 0.227 e. The third-order valence-electron chi connectivity index (χ3n) is 8.52. The second-order valence-corrected chi connectivity index (χ2v) is 12.7. The first kappa shape index (κ1) is 22.7. The lowest BCUT2D eigenvalue weighted by Gasteiger charge is -2.42. The Kier molecular flexibility index (Phi) is 6.06. The lowest BCUT2D eigenvalue weighted by molar-refractivity contribution is 0.143. The number of rotatable bonds is 5. The molecular formula is C26H33ClN4O2S. The summed E-state index contributed by atoms with van der Waals surface area (Å²) in [6.45, 7) is 2.02. The van der Waals surface area contributed by atoms with Gasteiger partial charge in [0.2, 0.25) is 5.95 Å². The zero-order valence-corrected chi connectivity index (χ0v) is 21.1. The van der Waals surface area contributed by atoms with E-state index in [2.05, 4.69) is 22.3 Å². The smallest absolute Gasteiger partial charge is 0.227 e. The number of hydrogen-bond donors (Lipinski definition) is 2. The highest BCUT2D eigenvalue weighted by molar-refractivity contribution is 7.85. The van der Waals surface area contributed by atoms with Crippen LogP contribution in [-0.2, 0) is 17.2 Å². The monoisotopic (exact) mass is 500 g/mol. The molecule has 8 heteroatoms. The molecule has 2 aromatic rings. The van der Waals surface area contributed by atoms with Gasteiger partial charge >= 0.3 is 0 Å². The second-order valence-electron chi connectivity index (χ2n) is 10.7. The van der Waals surface area contributed by atoms with E-state index in [9.17, 15) is 9.32 Å². The van der Waals surface area contributed by atoms with Crippen molar-refractivity contribution in [3.63, 3.8) is 0 Å². The molecule has 0 amide bonds. The van der Waals surface area contributed by atoms with Crippen molar-refractivity contribution >= 4 is 34.2 Å². The predicted molar refractivity (Wildman–Crippen MR) is 136 cm³/mol. The number of fused-ring (bicyclic) bond motifs is 2. The Bertz CT molecular complexity index is 1070. The summed E-state index contributed by atoms with van der Waals surface area (Å²) in [7, 11) is -1.10. The molecule has 0 radical (unpaired) electrons. The molecule has 1 aromatic carbocycles. The van der Waals surface area contributed by atoms with Crippen LogP contribution in [0.15, 0.2) is 29.2 Å². The number of aliphatic hydroxyl groups is 1. The van der Waals surface area contributed by atoms with Crippen molar-refractivity contribution in [1.82, 2.24) is 9.97 Å². The van der Waals surface area contributed by atoms with Gasteiger partial charge in [-0.1, -0.05) is 23.7 Å². The predicted octanol–water partition coefficient (Wildman–Crippen LogP) is 4.53. The highest BCUT2D eigenvalue weighted by atomic mass is 35.5. The Morgan fingerprint density at radius 2 is 1.82 bits per heavy atom. The SMILES string of the molecule is O=[S@@]1CCCCc2nc(N3CC4CC(c5ccc(Cl)cc5)CC4C3)nc(NC3(CO)CCC3)c21. The van der Waals surface area contributed by atoms with E-state index in [0.717, 1.165) is 73.2 Å². The number of aryl methyl sites for hydroxylation is 1. The molecule has 2 N–H and O–H groups in total. The Hall–Kier alpha value is -1.70. The first-order valence-corrected chi connectivity index (χ1v) is 14.4. The minimum Gasteiger partial charge on any atom is -0.394 e. The van der Waals surface area contributed by atoms with Crippen molar-refractivity contribution in [2.24, 2.45) is 11.8 Å². The molecule has 34 heavy (non-hydrogen) atoms. The van der Waals surface area contributed by atoms with Crippen molar-refractivity contribution in [1.29, 1.82) is 0 Å². The Labute approximate surface area is 209 Å². The normalized spacial score (nSPS) is 29.8. The van der Waals surface area contributed by atoms with E-state index in [1.807, 2.05) is 12.1 Å². The van der Waals surface area contributed by atoms with Crippen molar-refractivity contribution in [3.8, 4) is 0 Å². The molecule has 2 aliphatic carbocycles. The number of hydrogen-bond acceptors (Lipinski definition) is 6. The number of aromatic nitrogens is 2. The number of aliphatic hydroxyl groups excluding tert-OH is 1. The Morgan fingerprint density at radius 1 is 1.09 bits per heavy atom. The van der Waals surface area contributed by atoms with E-state index >= 15 is 0 Å². The fourth-order valence-electron chi connectivity index (χ4n) is 6.39. The summed E-state index contributed by atoms with van der Waals surface area (Å²) in [4.78, 5) is 13.1. The molecule has 0 spiro atoms. The van der Waals surface area contributed by atoms with Crippen LogP contribution in [0, 0.1) is 11.8 Å². The summed E-state index contributed by atoms with van der Waals surface area (Å²) in [5, 5.41) is 14.4. The van der Waals surface area contributed by atoms with Gasteiger partial charge in [0.05, 0.1) is 28.6 Å². The zero-order chi connectivity index (χ0) is 23.3. The van der Waals surface area contributed by atoms with Crippen LogP contribution < -0.4 is 10.2 Å². The standard InChI is InChI=1S/C26H33ClN4O2S/c27-21-7-5-17(6-8-21)18-12-19-14-31(15-20(19)13-18)25-28-22-4-1-2-11-34(33)23(22)24(29-25)30-26(16-32)9-3-10-26/h5-8,18-20,32H,1-4,9-16H2,(H,28,29,30)/t18?,19?,20?,34-/m1/s1. The van der Waals surface area contributed by atoms with Crippen molar-refractivity contribution in [3.05, 3.63) is 40.5 Å². The van der Waals surface area contributed by atoms with Gasteiger partial charge in [0.1, 0.15) is 10.7 Å². The summed E-state index contributed by atoms with van der Waals surface area (Å²) in [5.41, 5.74) is 2.01. The van der Waals surface area contributed by atoms with E-state index in [1.54, 1.807) is 0 Å². The average molecular weight is 501 g/mol. The largest absolute Gasteiger partial charge is 0.394 e. The van der Waals surface area contributed by atoms with E-state index in [0.29, 0.717) is 29.3 Å². The van der Waals surface area contributed by atoms with Gasteiger partial charge in [0.15, 0.2) is 0 Å². The fraction of sp³-hybridized carbons (Fsp3) is 0.615. The van der Waals surface area contributed by atoms with E-state index < -0.39 is 10.8 Å². The molecule has 2 aliphatic heterocycles. The minimum atomic E-state index is -1.10. The van der Waals surface area contributed by atoms with E-state index in [1.165, 1.54) is 18.4 Å². The van der Waals surface area contributed by atoms with Crippen LogP contribution in [0.25, 0.3) is 0 Å². The third-order valence-corrected chi connectivity index (χ3v) is 10.3. The van der Waals surface area contributed by atoms with Crippen molar-refractivity contribution in [2.45, 2.75) is 67.7 Å². The van der Waals surface area contributed by atoms with Gasteiger partial charge in [-0.25, -0.2) is 4.98 Å². The number of benzene rings is 1. The van der Waals surface area contributed by atoms with Crippen LogP contribution in [0.5, 0.6) is 0 Å². The number of nitrogens with one attached hydrogen (secondary N) is 1. The summed E-state index contributed by atoms with van der Waals surface area (Å²) in [5.74, 6) is 4.02. The minimum absolute atomic E-state index is 0.0771. The van der Waals surface area contributed by atoms with Gasteiger partial charge < -0.3 is 15.3 Å². The first-order chi connectivity index (χ1) is 16.5. The summed E-state index contributed by atoms with van der Waals surface area (Å²) in [6.07, 6.45) is 8.12. The molecule has 1 saturated heterocycles. The van der Waals surface area contributed by atoms with Crippen molar-refractivity contribution < 1.29 is 9.32 Å². The summed E-state index contributed by atoms with van der Waals surface area (Å²) < 4.78 is 13.1. The summed E-state index contributed by atoms with van der Waals surface area (Å²) >= 11 is 6.09. The van der Waals surface area contributed by atoms with Gasteiger partial charge in [-0.15, -0.1) is 0 Å². The lowest BCUT2D eigenvalue weighted by atomic mass is 9.77. The molecule has 3 atom stereocenters. The quantitative estimate of drug-likeness (QED) is 0.628. The van der Waals surface area contributed by atoms with E-state index in [4.69, 9.17) is 21.6 Å². The highest BCUT2D eigenvalue weighted by Crippen LogP contribution is 2.47. The fourth-order valence-corrected chi connectivity index (χ4v) is 7.91. The number of halogens is 1. The maximum absolute atomic E-state index is 13.1. The molecule has 6 nitrogen and oxygen atoms in total.